The summed E-state index contributed by atoms with van der Waals surface area (Å²) in [5, 5.41) is 33.6. The number of piperidine rings is 1. The molecule has 0 unspecified atom stereocenters. The number of rotatable bonds is 20. The molecule has 31 nitrogen and oxygen atoms in total. The highest BCUT2D eigenvalue weighted by molar-refractivity contribution is 6.35. The molecule has 0 saturated carbocycles. The number of carbonyl (C=O) groups excluding carboxylic acids is 5. The summed E-state index contributed by atoms with van der Waals surface area (Å²) in [5.74, 6) is -8.46. The zero-order chi connectivity index (χ0) is 105. The first kappa shape index (κ1) is 104. The fourth-order valence-corrected chi connectivity index (χ4v) is 21.2. The van der Waals surface area contributed by atoms with Crippen LogP contribution in [0.2, 0.25) is 15.1 Å². The maximum absolute atomic E-state index is 15.3. The van der Waals surface area contributed by atoms with Crippen LogP contribution in [0.15, 0.2) is 149 Å². The summed E-state index contributed by atoms with van der Waals surface area (Å²) in [6.07, 6.45) is 6.56. The number of likely N-dealkylation sites (N-methyl/N-ethyl adjacent to an activating group) is 3. The first-order valence-corrected chi connectivity index (χ1v) is 49.0. The molecule has 39 heteroatoms. The molecule has 5 amide bonds. The number of phenolic OH excluding ortho intramolecular Hbond substituents is 3. The van der Waals surface area contributed by atoms with Gasteiger partial charge >= 0.3 is 0 Å². The van der Waals surface area contributed by atoms with Crippen molar-refractivity contribution in [3.63, 3.8) is 0 Å². The van der Waals surface area contributed by atoms with Crippen LogP contribution >= 0.6 is 34.8 Å². The summed E-state index contributed by atoms with van der Waals surface area (Å²) in [6, 6.07) is 18.3. The van der Waals surface area contributed by atoms with Gasteiger partial charge in [-0.05, 0) is 203 Å². The van der Waals surface area contributed by atoms with E-state index in [9.17, 15) is 48.1 Å². The maximum Gasteiger partial charge on any atom is 0.283 e. The van der Waals surface area contributed by atoms with Gasteiger partial charge < -0.3 is 69.2 Å². The number of hydrogen-bond donors (Lipinski definition) is 3. The standard InChI is InChI=1S/2C36H38ClF2N7O4.C34H38ClFN6O3/c2*1-18(2)28-30(19(3)11-12-40-28)46-33-22(15-23(37)29(41-33)27-24(39)9-8-10-26(27)47)31-32(36(46)50)43(14-13-42(6)7)35(49)25-17-44(34(48)21(5)38)20(4)16-45(25)31;1-18(2)27-29(20(4)12-13-37-27)42-32-21(16-22(35)28(38-32)26-23(36)8-7-9-25(26)43)30-31(34(42)45)40(15-14-39(5)6)33(44)24-11-10-19(3)17-41(24)30/h2*8-12,15,18,20,25,47H,5,13-14,16-17H2,1-4,6-7H3;7-9,12-13,16,18-19,24,43H,10-11,14-15,17H2,1-6H3/t2*20-,25-;19-,24+/m110/s1. The molecule has 9 aromatic heterocycles. The minimum Gasteiger partial charge on any atom is -0.507 e. The fraction of sp³-hybridized carbons (Fsp3) is 0.377. The molecule has 145 heavy (non-hydrogen) atoms. The molecule has 15 heterocycles. The van der Waals surface area contributed by atoms with Crippen molar-refractivity contribution in [2.75, 3.05) is 144 Å². The monoisotopic (exact) mass is 2040 g/mol. The first-order chi connectivity index (χ1) is 68.7. The van der Waals surface area contributed by atoms with Crippen LogP contribution in [0, 0.1) is 44.1 Å². The minimum atomic E-state index is -1.14. The van der Waals surface area contributed by atoms with E-state index in [-0.39, 0.29) is 152 Å². The van der Waals surface area contributed by atoms with Crippen molar-refractivity contribution in [2.24, 2.45) is 5.92 Å². The number of amides is 5. The number of phenols is 3. The number of halogens is 8. The summed E-state index contributed by atoms with van der Waals surface area (Å²) in [5.41, 5.74) is 5.34. The largest absolute Gasteiger partial charge is 0.507 e. The van der Waals surface area contributed by atoms with Gasteiger partial charge in [-0.3, -0.25) is 67.0 Å². The van der Waals surface area contributed by atoms with Crippen LogP contribution < -0.4 is 46.1 Å². The van der Waals surface area contributed by atoms with Gasteiger partial charge in [0.15, 0.2) is 28.6 Å². The number of aromatic hydroxyl groups is 3. The van der Waals surface area contributed by atoms with E-state index in [0.717, 1.165) is 12.0 Å². The average Bonchev–Trinajstić information content (AvgIpc) is 0.710. The Labute approximate surface area is 849 Å². The van der Waals surface area contributed by atoms with Crippen molar-refractivity contribution in [1.29, 1.82) is 0 Å². The van der Waals surface area contributed by atoms with Gasteiger partial charge in [0, 0.05) is 106 Å². The third kappa shape index (κ3) is 18.7. The van der Waals surface area contributed by atoms with Crippen molar-refractivity contribution < 1.29 is 61.2 Å². The van der Waals surface area contributed by atoms with Crippen LogP contribution in [0.1, 0.15) is 127 Å². The third-order valence-electron chi connectivity index (χ3n) is 27.5. The van der Waals surface area contributed by atoms with Crippen LogP contribution in [0.25, 0.3) is 83.9 Å². The van der Waals surface area contributed by atoms with Crippen LogP contribution in [-0.4, -0.2) is 257 Å². The molecular formula is C106H114Cl3F5N20O11. The van der Waals surface area contributed by atoms with Gasteiger partial charge in [0.05, 0.1) is 113 Å². The number of aromatic nitrogens is 9. The summed E-state index contributed by atoms with van der Waals surface area (Å²) in [6.45, 7) is 31.6. The smallest absolute Gasteiger partial charge is 0.283 e. The van der Waals surface area contributed by atoms with E-state index in [4.69, 9.17) is 49.8 Å². The van der Waals surface area contributed by atoms with Crippen molar-refractivity contribution in [2.45, 2.75) is 144 Å². The van der Waals surface area contributed by atoms with E-state index in [1.165, 1.54) is 87.9 Å². The number of piperazine rings is 2. The minimum absolute atomic E-state index is 0.0128. The molecule has 3 saturated heterocycles. The van der Waals surface area contributed by atoms with E-state index < -0.39 is 111 Å². The zero-order valence-corrected chi connectivity index (χ0v) is 86.0. The number of aryl methyl sites for hydroxylation is 3. The lowest BCUT2D eigenvalue weighted by Gasteiger charge is -2.50. The Morgan fingerprint density at radius 1 is 0.414 bits per heavy atom. The van der Waals surface area contributed by atoms with Gasteiger partial charge in [0.1, 0.15) is 69.9 Å². The van der Waals surface area contributed by atoms with Gasteiger partial charge in [-0.2, -0.15) is 0 Å². The Kier molecular flexibility index (Phi) is 29.4. The molecule has 6 aliphatic rings. The van der Waals surface area contributed by atoms with E-state index in [0.29, 0.717) is 124 Å². The summed E-state index contributed by atoms with van der Waals surface area (Å²) < 4.78 is 78.5. The van der Waals surface area contributed by atoms with Gasteiger partial charge in [0.25, 0.3) is 40.3 Å². The Morgan fingerprint density at radius 2 is 0.697 bits per heavy atom. The number of hydrogen-bond acceptors (Lipinski definition) is 23. The topological polar surface area (TPSA) is 325 Å². The molecule has 0 aliphatic carbocycles. The van der Waals surface area contributed by atoms with E-state index in [2.05, 4.69) is 35.0 Å². The number of anilines is 6. The quantitative estimate of drug-likeness (QED) is 0.0471. The van der Waals surface area contributed by atoms with Gasteiger partial charge in [-0.25, -0.2) is 36.9 Å². The second kappa shape index (κ2) is 41.0. The zero-order valence-electron chi connectivity index (χ0n) is 83.8. The van der Waals surface area contributed by atoms with Gasteiger partial charge in [0.2, 0.25) is 5.91 Å². The molecule has 0 radical (unpaired) electrons. The normalized spacial score (nSPS) is 17.7. The summed E-state index contributed by atoms with van der Waals surface area (Å²) >= 11 is 20.7. The third-order valence-corrected chi connectivity index (χ3v) is 28.4. The molecule has 3 fully saturated rings. The second-order valence-electron chi connectivity index (χ2n) is 39.5. The van der Waals surface area contributed by atoms with Crippen molar-refractivity contribution in [3.05, 3.63) is 232 Å². The molecule has 3 N–H and O–H groups in total. The van der Waals surface area contributed by atoms with Crippen molar-refractivity contribution >= 4 is 132 Å². The number of nitrogens with zero attached hydrogens (tertiary/aromatic N) is 20. The number of benzene rings is 3. The Bertz CT molecular complexity index is 7180. The van der Waals surface area contributed by atoms with Crippen molar-refractivity contribution in [1.82, 2.24) is 68.1 Å². The molecule has 18 rings (SSSR count). The van der Waals surface area contributed by atoms with Crippen LogP contribution in [-0.2, 0) is 24.0 Å². The van der Waals surface area contributed by atoms with Crippen LogP contribution in [0.4, 0.5) is 56.1 Å². The summed E-state index contributed by atoms with van der Waals surface area (Å²) in [7, 11) is 11.2. The van der Waals surface area contributed by atoms with Crippen LogP contribution in [0.5, 0.6) is 17.2 Å². The lowest BCUT2D eigenvalue weighted by atomic mass is 9.90. The molecule has 0 spiro atoms. The van der Waals surface area contributed by atoms with Gasteiger partial charge in [-0.1, -0.05) is 115 Å². The van der Waals surface area contributed by atoms with Crippen molar-refractivity contribution in [3.8, 4) is 68.1 Å². The average molecular weight is 2050 g/mol. The lowest BCUT2D eigenvalue weighted by molar-refractivity contribution is -0.134. The van der Waals surface area contributed by atoms with Crippen LogP contribution in [0.3, 0.4) is 0 Å². The highest BCUT2D eigenvalue weighted by atomic mass is 35.5. The Hall–Kier alpha value is -13.8. The number of carbonyl (C=O) groups is 5. The predicted molar refractivity (Wildman–Crippen MR) is 555 cm³/mol. The first-order valence-electron chi connectivity index (χ1n) is 47.9. The molecular weight excluding hydrogens is 1930 g/mol. The van der Waals surface area contributed by atoms with E-state index in [1.807, 2.05) is 130 Å². The SMILES string of the molecule is C=C(F)C(=O)N1C[C@@H]2C(=O)N(CCN(C)C)c3c(c4cc(Cl)c(-c5c(O)cccc5F)nc4n(-c4c(C)ccnc4C(C)C)c3=O)N2C[C@H]1C.C=C(F)C(=O)N1C[C@@H]2C(=O)N(CCN(C)C)c3c(c4cc(Cl)c(-c5c(O)cccc5F)nc4n(-c4c(C)ccnc4C(C)C)c3=O)N2C[C@H]1C.Cc1ccnc(C(C)C)c1-n1c(=O)c2c(c3cc(Cl)c(-c4c(O)cccc4F)nc31)N1C[C@@H](C)CC[C@@H]1C(=O)N2CCN(C)C. The Balaban J connectivity index is 0.000000156. The molecule has 6 atom stereocenters. The summed E-state index contributed by atoms with van der Waals surface area (Å²) in [4.78, 5) is 161. The predicted octanol–water partition coefficient (Wildman–Crippen LogP) is 16.2. The Morgan fingerprint density at radius 3 is 0.966 bits per heavy atom. The molecule has 760 valence electrons. The lowest BCUT2D eigenvalue weighted by Crippen LogP contribution is -2.67. The van der Waals surface area contributed by atoms with Gasteiger partial charge in [-0.15, -0.1) is 0 Å². The molecule has 0 bridgehead atoms. The second-order valence-corrected chi connectivity index (χ2v) is 40.7. The highest BCUT2D eigenvalue weighted by Gasteiger charge is 2.52. The number of pyridine rings is 9. The molecule has 12 aromatic rings. The number of fused-ring (bicyclic) bond motifs is 15. The van der Waals surface area contributed by atoms with E-state index >= 15 is 27.6 Å². The van der Waals surface area contributed by atoms with E-state index in [1.54, 1.807) is 77.5 Å². The maximum atomic E-state index is 15.3. The molecule has 3 aromatic carbocycles. The fourth-order valence-electron chi connectivity index (χ4n) is 20.4. The highest BCUT2D eigenvalue weighted by Crippen LogP contribution is 2.52. The molecule has 6 aliphatic heterocycles.